The highest BCUT2D eigenvalue weighted by Gasteiger charge is 2.57. The van der Waals surface area contributed by atoms with Crippen LogP contribution in [0, 0.1) is 0 Å². The van der Waals surface area contributed by atoms with Crippen molar-refractivity contribution in [3.8, 4) is 0 Å². The van der Waals surface area contributed by atoms with E-state index in [1.165, 1.54) is 7.11 Å². The van der Waals surface area contributed by atoms with Gasteiger partial charge in [0.15, 0.2) is 0 Å². The molecule has 0 aromatic carbocycles. The summed E-state index contributed by atoms with van der Waals surface area (Å²) in [6, 6.07) is -0.176. The normalized spacial score (nSPS) is 40.1. The van der Waals surface area contributed by atoms with E-state index >= 15 is 0 Å². The predicted molar refractivity (Wildman–Crippen MR) is 29.6 cm³/mol. The minimum atomic E-state index is -1.39. The van der Waals surface area contributed by atoms with Crippen LogP contribution in [-0.4, -0.2) is 30.0 Å². The molecule has 1 aliphatic heterocycles. The number of nitrogens with one attached hydrogen (secondary N) is 1. The van der Waals surface area contributed by atoms with E-state index in [0.29, 0.717) is 0 Å². The van der Waals surface area contributed by atoms with Crippen LogP contribution in [0.15, 0.2) is 0 Å². The van der Waals surface area contributed by atoms with Crippen molar-refractivity contribution in [2.24, 2.45) is 0 Å². The van der Waals surface area contributed by atoms with E-state index in [-0.39, 0.29) is 6.04 Å². The molecular formula is C5H9NO3. The molecule has 0 aliphatic carbocycles. The zero-order chi connectivity index (χ0) is 7.07. The molecule has 0 bridgehead atoms. The first kappa shape index (κ1) is 6.51. The van der Waals surface area contributed by atoms with Gasteiger partial charge in [-0.25, -0.2) is 4.79 Å². The van der Waals surface area contributed by atoms with E-state index in [1.54, 1.807) is 6.92 Å². The van der Waals surface area contributed by atoms with Gasteiger partial charge in [-0.3, -0.25) is 5.32 Å². The third kappa shape index (κ3) is 0.799. The lowest BCUT2D eigenvalue weighted by atomic mass is 10.3. The highest BCUT2D eigenvalue weighted by molar-refractivity contribution is 5.83. The fourth-order valence-corrected chi connectivity index (χ4v) is 0.680. The summed E-state index contributed by atoms with van der Waals surface area (Å²) in [5.41, 5.74) is -1.39. The lowest BCUT2D eigenvalue weighted by molar-refractivity contribution is -0.153. The van der Waals surface area contributed by atoms with E-state index in [1.807, 2.05) is 0 Å². The van der Waals surface area contributed by atoms with Crippen LogP contribution in [0.5, 0.6) is 0 Å². The first-order chi connectivity index (χ1) is 4.11. The number of hydrogen-bond acceptors (Lipinski definition) is 4. The molecule has 52 valence electrons. The van der Waals surface area contributed by atoms with Crippen molar-refractivity contribution in [3.63, 3.8) is 0 Å². The number of hydrogen-bond donors (Lipinski definition) is 2. The standard InChI is InChI=1S/C5H9NO3/c1-3-5(8,6-3)4(7)9-2/h3,6,8H,1-2H3. The number of methoxy groups -OCH3 is 1. The van der Waals surface area contributed by atoms with Gasteiger partial charge >= 0.3 is 5.97 Å². The van der Waals surface area contributed by atoms with Gasteiger partial charge in [-0.05, 0) is 6.92 Å². The van der Waals surface area contributed by atoms with Gasteiger partial charge in [-0.1, -0.05) is 0 Å². The van der Waals surface area contributed by atoms with Gasteiger partial charge in [0, 0.05) is 0 Å². The summed E-state index contributed by atoms with van der Waals surface area (Å²) in [5, 5.41) is 11.6. The van der Waals surface area contributed by atoms with Crippen molar-refractivity contribution >= 4 is 5.97 Å². The van der Waals surface area contributed by atoms with Crippen LogP contribution in [0.25, 0.3) is 0 Å². The summed E-state index contributed by atoms with van der Waals surface area (Å²) in [4.78, 5) is 10.6. The number of carbonyl (C=O) groups is 1. The first-order valence-electron chi connectivity index (χ1n) is 2.69. The molecule has 1 rings (SSSR count). The number of ether oxygens (including phenoxy) is 1. The van der Waals surface area contributed by atoms with Gasteiger partial charge in [0.05, 0.1) is 13.2 Å². The zero-order valence-corrected chi connectivity index (χ0v) is 5.34. The molecule has 0 radical (unpaired) electrons. The van der Waals surface area contributed by atoms with Gasteiger partial charge in [-0.15, -0.1) is 0 Å². The summed E-state index contributed by atoms with van der Waals surface area (Å²) in [7, 11) is 1.24. The molecule has 2 atom stereocenters. The molecule has 0 aromatic heterocycles. The molecule has 0 aromatic rings. The molecule has 1 aliphatic rings. The van der Waals surface area contributed by atoms with Crippen LogP contribution >= 0.6 is 0 Å². The minimum Gasteiger partial charge on any atom is -0.466 e. The molecule has 2 N–H and O–H groups in total. The second-order valence-electron chi connectivity index (χ2n) is 2.12. The average Bonchev–Trinajstić information content (AvgIpc) is 2.41. The maximum absolute atomic E-state index is 10.6. The Morgan fingerprint density at radius 3 is 2.44 bits per heavy atom. The quantitative estimate of drug-likeness (QED) is 0.348. The van der Waals surface area contributed by atoms with Crippen LogP contribution in [0.1, 0.15) is 6.92 Å². The molecule has 0 spiro atoms. The Labute approximate surface area is 52.8 Å². The molecule has 0 amide bonds. The first-order valence-corrected chi connectivity index (χ1v) is 2.69. The Kier molecular flexibility index (Phi) is 1.22. The van der Waals surface area contributed by atoms with E-state index in [9.17, 15) is 4.79 Å². The molecule has 9 heavy (non-hydrogen) atoms. The zero-order valence-electron chi connectivity index (χ0n) is 5.34. The lowest BCUT2D eigenvalue weighted by Crippen LogP contribution is -2.29. The van der Waals surface area contributed by atoms with Crippen molar-refractivity contribution in [2.45, 2.75) is 18.7 Å². The Balaban J connectivity index is 2.53. The third-order valence-corrected chi connectivity index (χ3v) is 1.48. The molecule has 2 unspecified atom stereocenters. The largest absolute Gasteiger partial charge is 0.466 e. The van der Waals surface area contributed by atoms with Gasteiger partial charge in [-0.2, -0.15) is 0 Å². The number of esters is 1. The Morgan fingerprint density at radius 1 is 1.89 bits per heavy atom. The minimum absolute atomic E-state index is 0.176. The SMILES string of the molecule is COC(=O)C1(O)NC1C. The number of rotatable bonds is 1. The third-order valence-electron chi connectivity index (χ3n) is 1.48. The monoisotopic (exact) mass is 131 g/mol. The number of aliphatic hydroxyl groups is 1. The Hall–Kier alpha value is -0.610. The van der Waals surface area contributed by atoms with Crippen molar-refractivity contribution in [1.82, 2.24) is 5.32 Å². The fraction of sp³-hybridized carbons (Fsp3) is 0.800. The summed E-state index contributed by atoms with van der Waals surface area (Å²) in [6.45, 7) is 1.71. The lowest BCUT2D eigenvalue weighted by Gasteiger charge is -2.01. The topological polar surface area (TPSA) is 68.5 Å². The summed E-state index contributed by atoms with van der Waals surface area (Å²) < 4.78 is 4.30. The van der Waals surface area contributed by atoms with Crippen LogP contribution in [-0.2, 0) is 9.53 Å². The maximum atomic E-state index is 10.6. The molecular weight excluding hydrogens is 122 g/mol. The molecule has 4 nitrogen and oxygen atoms in total. The maximum Gasteiger partial charge on any atom is 0.355 e. The summed E-state index contributed by atoms with van der Waals surface area (Å²) in [5.74, 6) is -0.616. The predicted octanol–water partition coefficient (Wildman–Crippen LogP) is -1.16. The van der Waals surface area contributed by atoms with Crippen LogP contribution in [0.4, 0.5) is 0 Å². The van der Waals surface area contributed by atoms with E-state index < -0.39 is 11.7 Å². The van der Waals surface area contributed by atoms with Crippen LogP contribution in [0.2, 0.25) is 0 Å². The molecule has 4 heteroatoms. The van der Waals surface area contributed by atoms with E-state index in [2.05, 4.69) is 10.1 Å². The smallest absolute Gasteiger partial charge is 0.355 e. The second kappa shape index (κ2) is 1.68. The van der Waals surface area contributed by atoms with Crippen molar-refractivity contribution in [2.75, 3.05) is 7.11 Å². The molecule has 1 heterocycles. The molecule has 1 saturated heterocycles. The highest BCUT2D eigenvalue weighted by atomic mass is 16.5. The average molecular weight is 131 g/mol. The summed E-state index contributed by atoms with van der Waals surface area (Å²) >= 11 is 0. The second-order valence-corrected chi connectivity index (χ2v) is 2.12. The van der Waals surface area contributed by atoms with Crippen molar-refractivity contribution in [3.05, 3.63) is 0 Å². The van der Waals surface area contributed by atoms with Gasteiger partial charge in [0.2, 0.25) is 5.72 Å². The van der Waals surface area contributed by atoms with Gasteiger partial charge in [0.1, 0.15) is 0 Å². The van der Waals surface area contributed by atoms with Crippen molar-refractivity contribution in [1.29, 1.82) is 0 Å². The Bertz CT molecular complexity index is 147. The van der Waals surface area contributed by atoms with Crippen LogP contribution < -0.4 is 5.32 Å². The van der Waals surface area contributed by atoms with Gasteiger partial charge in [0.25, 0.3) is 0 Å². The summed E-state index contributed by atoms with van der Waals surface area (Å²) in [6.07, 6.45) is 0. The van der Waals surface area contributed by atoms with Gasteiger partial charge < -0.3 is 9.84 Å². The molecule has 1 fully saturated rings. The van der Waals surface area contributed by atoms with Crippen LogP contribution in [0.3, 0.4) is 0 Å². The van der Waals surface area contributed by atoms with Crippen molar-refractivity contribution < 1.29 is 14.6 Å². The molecule has 0 saturated carbocycles. The Morgan fingerprint density at radius 2 is 2.33 bits per heavy atom. The fourth-order valence-electron chi connectivity index (χ4n) is 0.680. The highest BCUT2D eigenvalue weighted by Crippen LogP contribution is 2.23. The number of carbonyl (C=O) groups excluding carboxylic acids is 1. The van der Waals surface area contributed by atoms with E-state index in [0.717, 1.165) is 0 Å². The van der Waals surface area contributed by atoms with E-state index in [4.69, 9.17) is 5.11 Å².